The first-order valence-corrected chi connectivity index (χ1v) is 10.0. The van der Waals surface area contributed by atoms with Crippen molar-refractivity contribution in [2.24, 2.45) is 0 Å². The number of hydrogen-bond donors (Lipinski definition) is 1. The van der Waals surface area contributed by atoms with Gasteiger partial charge in [0.2, 0.25) is 0 Å². The van der Waals surface area contributed by atoms with Crippen LogP contribution in [0.5, 0.6) is 0 Å². The van der Waals surface area contributed by atoms with E-state index in [4.69, 9.17) is 4.74 Å². The molecule has 29 heavy (non-hydrogen) atoms. The number of thiophene rings is 1. The van der Waals surface area contributed by atoms with Crippen LogP contribution in [0, 0.1) is 0 Å². The summed E-state index contributed by atoms with van der Waals surface area (Å²) in [4.78, 5) is 25.1. The second kappa shape index (κ2) is 8.87. The van der Waals surface area contributed by atoms with Crippen LogP contribution < -0.4 is 5.32 Å². The minimum atomic E-state index is -0.569. The van der Waals surface area contributed by atoms with Crippen molar-refractivity contribution in [3.05, 3.63) is 70.6 Å². The number of para-hydroxylation sites is 1. The largest absolute Gasteiger partial charge is 0.452 e. The van der Waals surface area contributed by atoms with Crippen molar-refractivity contribution < 1.29 is 14.3 Å². The number of carbonyl (C=O) groups excluding carboxylic acids is 2. The number of benzene rings is 1. The van der Waals surface area contributed by atoms with Crippen LogP contribution in [-0.4, -0.2) is 28.3 Å². The molecule has 0 spiro atoms. The summed E-state index contributed by atoms with van der Waals surface area (Å²) < 4.78 is 6.71. The summed E-state index contributed by atoms with van der Waals surface area (Å²) in [5.41, 5.74) is 1.49. The van der Waals surface area contributed by atoms with Gasteiger partial charge < -0.3 is 10.1 Å². The fraction of sp³-hybridized carbons (Fsp3) is 0.227. The Morgan fingerprint density at radius 1 is 1.17 bits per heavy atom. The maximum atomic E-state index is 12.3. The molecule has 2 aromatic heterocycles. The molecule has 1 amide bonds. The molecule has 0 aliphatic rings. The number of rotatable bonds is 6. The van der Waals surface area contributed by atoms with Crippen molar-refractivity contribution in [3.8, 4) is 5.69 Å². The quantitative estimate of drug-likeness (QED) is 0.483. The number of hydrogen-bond acceptors (Lipinski definition) is 5. The van der Waals surface area contributed by atoms with Crippen LogP contribution in [0.2, 0.25) is 0 Å². The van der Waals surface area contributed by atoms with E-state index in [1.54, 1.807) is 10.8 Å². The lowest BCUT2D eigenvalue weighted by atomic mass is 9.92. The summed E-state index contributed by atoms with van der Waals surface area (Å²) in [6.07, 6.45) is 2.97. The van der Waals surface area contributed by atoms with Gasteiger partial charge in [-0.3, -0.25) is 4.79 Å². The molecule has 0 bridgehead atoms. The lowest BCUT2D eigenvalue weighted by Crippen LogP contribution is -2.21. The van der Waals surface area contributed by atoms with E-state index in [2.05, 4.69) is 31.2 Å². The van der Waals surface area contributed by atoms with E-state index in [0.717, 1.165) is 16.3 Å². The van der Waals surface area contributed by atoms with E-state index < -0.39 is 11.9 Å². The van der Waals surface area contributed by atoms with E-state index in [-0.39, 0.29) is 12.0 Å². The molecule has 0 fully saturated rings. The Kier molecular flexibility index (Phi) is 6.29. The molecule has 0 aliphatic carbocycles. The highest BCUT2D eigenvalue weighted by atomic mass is 32.1. The molecule has 3 rings (SSSR count). The third kappa shape index (κ3) is 5.65. The molecule has 0 aliphatic heterocycles. The number of aromatic nitrogens is 2. The molecular formula is C22H23N3O3S. The molecule has 0 saturated heterocycles. The van der Waals surface area contributed by atoms with Gasteiger partial charge in [0.1, 0.15) is 5.82 Å². The van der Waals surface area contributed by atoms with Crippen LogP contribution in [0.3, 0.4) is 0 Å². The van der Waals surface area contributed by atoms with Gasteiger partial charge in [0.15, 0.2) is 6.61 Å². The predicted octanol–water partition coefficient (Wildman–Crippen LogP) is 4.43. The highest BCUT2D eigenvalue weighted by Gasteiger charge is 2.21. The first-order chi connectivity index (χ1) is 13.8. The number of ether oxygens (including phenoxy) is 1. The number of amides is 1. The minimum absolute atomic E-state index is 0.182. The van der Waals surface area contributed by atoms with E-state index in [1.807, 2.05) is 53.9 Å². The lowest BCUT2D eigenvalue weighted by Gasteiger charge is -2.14. The molecule has 6 nitrogen and oxygen atoms in total. The number of anilines is 1. The van der Waals surface area contributed by atoms with Gasteiger partial charge in [0, 0.05) is 22.4 Å². The standard InChI is InChI=1S/C22H23N3O3S/c1-22(2,3)18-14-19(25(24-18)16-8-5-4-6-9-16)23-20(26)15-28-21(27)12-11-17-10-7-13-29-17/h4-14H,15H2,1-3H3,(H,23,26). The van der Waals surface area contributed by atoms with Crippen LogP contribution in [0.15, 0.2) is 60.0 Å². The zero-order valence-corrected chi connectivity index (χ0v) is 17.4. The summed E-state index contributed by atoms with van der Waals surface area (Å²) in [6.45, 7) is 5.78. The average molecular weight is 410 g/mol. The third-order valence-corrected chi connectivity index (χ3v) is 4.86. The Bertz CT molecular complexity index is 1000. The normalized spacial score (nSPS) is 11.6. The van der Waals surface area contributed by atoms with E-state index in [1.165, 1.54) is 17.4 Å². The van der Waals surface area contributed by atoms with Crippen molar-refractivity contribution in [2.45, 2.75) is 26.2 Å². The van der Waals surface area contributed by atoms with Crippen LogP contribution in [-0.2, 0) is 19.7 Å². The average Bonchev–Trinajstić information content (AvgIpc) is 3.35. The van der Waals surface area contributed by atoms with Crippen LogP contribution in [0.1, 0.15) is 31.3 Å². The summed E-state index contributed by atoms with van der Waals surface area (Å²) in [5, 5.41) is 9.35. The van der Waals surface area contributed by atoms with Crippen molar-refractivity contribution in [2.75, 3.05) is 11.9 Å². The molecule has 0 saturated carbocycles. The fourth-order valence-corrected chi connectivity index (χ4v) is 3.12. The number of esters is 1. The Morgan fingerprint density at radius 2 is 1.93 bits per heavy atom. The fourth-order valence-electron chi connectivity index (χ4n) is 2.50. The van der Waals surface area contributed by atoms with Gasteiger partial charge in [0.25, 0.3) is 5.91 Å². The van der Waals surface area contributed by atoms with Crippen LogP contribution in [0.4, 0.5) is 5.82 Å². The van der Waals surface area contributed by atoms with Gasteiger partial charge >= 0.3 is 5.97 Å². The lowest BCUT2D eigenvalue weighted by molar-refractivity contribution is -0.142. The van der Waals surface area contributed by atoms with Gasteiger partial charge in [-0.1, -0.05) is 45.0 Å². The maximum Gasteiger partial charge on any atom is 0.331 e. The topological polar surface area (TPSA) is 73.2 Å². The molecular weight excluding hydrogens is 386 g/mol. The second-order valence-electron chi connectivity index (χ2n) is 7.42. The molecule has 0 atom stereocenters. The summed E-state index contributed by atoms with van der Waals surface area (Å²) in [7, 11) is 0. The Hall–Kier alpha value is -3.19. The zero-order chi connectivity index (χ0) is 20.9. The molecule has 0 radical (unpaired) electrons. The summed E-state index contributed by atoms with van der Waals surface area (Å²) in [5.74, 6) is -0.475. The highest BCUT2D eigenvalue weighted by molar-refractivity contribution is 7.10. The Labute approximate surface area is 173 Å². The first kappa shape index (κ1) is 20.5. The minimum Gasteiger partial charge on any atom is -0.452 e. The van der Waals surface area contributed by atoms with E-state index in [0.29, 0.717) is 5.82 Å². The molecule has 1 N–H and O–H groups in total. The Morgan fingerprint density at radius 3 is 2.59 bits per heavy atom. The zero-order valence-electron chi connectivity index (χ0n) is 16.6. The molecule has 0 unspecified atom stereocenters. The third-order valence-electron chi connectivity index (χ3n) is 4.02. The van der Waals surface area contributed by atoms with Crippen LogP contribution in [0.25, 0.3) is 11.8 Å². The SMILES string of the molecule is CC(C)(C)c1cc(NC(=O)COC(=O)C=Cc2cccs2)n(-c2ccccc2)n1. The van der Waals surface area contributed by atoms with Gasteiger partial charge in [-0.15, -0.1) is 11.3 Å². The van der Waals surface area contributed by atoms with E-state index in [9.17, 15) is 9.59 Å². The van der Waals surface area contributed by atoms with E-state index >= 15 is 0 Å². The van der Waals surface area contributed by atoms with Gasteiger partial charge in [0.05, 0.1) is 11.4 Å². The van der Waals surface area contributed by atoms with Gasteiger partial charge in [-0.25, -0.2) is 9.48 Å². The van der Waals surface area contributed by atoms with Crippen molar-refractivity contribution in [1.82, 2.24) is 9.78 Å². The smallest absolute Gasteiger partial charge is 0.331 e. The monoisotopic (exact) mass is 409 g/mol. The van der Waals surface area contributed by atoms with Gasteiger partial charge in [-0.05, 0) is 29.7 Å². The van der Waals surface area contributed by atoms with Crippen LogP contribution >= 0.6 is 11.3 Å². The Balaban J connectivity index is 1.67. The molecule has 150 valence electrons. The van der Waals surface area contributed by atoms with Crippen molar-refractivity contribution in [3.63, 3.8) is 0 Å². The second-order valence-corrected chi connectivity index (χ2v) is 8.40. The highest BCUT2D eigenvalue weighted by Crippen LogP contribution is 2.26. The molecule has 1 aromatic carbocycles. The number of nitrogens with one attached hydrogen (secondary N) is 1. The summed E-state index contributed by atoms with van der Waals surface area (Å²) in [6, 6.07) is 15.2. The molecule has 3 aromatic rings. The predicted molar refractivity (Wildman–Crippen MR) is 115 cm³/mol. The van der Waals surface area contributed by atoms with Crippen molar-refractivity contribution in [1.29, 1.82) is 0 Å². The number of nitrogens with zero attached hydrogens (tertiary/aromatic N) is 2. The maximum absolute atomic E-state index is 12.3. The summed E-state index contributed by atoms with van der Waals surface area (Å²) >= 11 is 1.51. The van der Waals surface area contributed by atoms with Gasteiger partial charge in [-0.2, -0.15) is 5.10 Å². The van der Waals surface area contributed by atoms with Crippen molar-refractivity contribution >= 4 is 35.1 Å². The molecule has 7 heteroatoms. The first-order valence-electron chi connectivity index (χ1n) is 9.17. The molecule has 2 heterocycles. The number of carbonyl (C=O) groups is 2.